The van der Waals surface area contributed by atoms with Crippen LogP contribution in [0, 0.1) is 0 Å². The van der Waals surface area contributed by atoms with Crippen LogP contribution >= 0.6 is 0 Å². The van der Waals surface area contributed by atoms with Crippen LogP contribution in [-0.2, 0) is 9.59 Å². The number of Topliss-reactive ketones (excluding diaryl/α,β-unsaturated/α-hetero) is 1. The number of likely N-dealkylation sites (tertiary alicyclic amines) is 1. The van der Waals surface area contributed by atoms with Crippen molar-refractivity contribution in [3.8, 4) is 23.0 Å². The van der Waals surface area contributed by atoms with Crippen molar-refractivity contribution in [3.63, 3.8) is 0 Å². The van der Waals surface area contributed by atoms with Crippen LogP contribution in [-0.4, -0.2) is 72.5 Å². The van der Waals surface area contributed by atoms with Gasteiger partial charge in [0, 0.05) is 25.1 Å². The maximum Gasteiger partial charge on any atom is 0.414 e. The summed E-state index contributed by atoms with van der Waals surface area (Å²) in [7, 11) is 0. The number of carbonyl (C=O) groups is 3. The molecule has 1 atom stereocenters. The quantitative estimate of drug-likeness (QED) is 0.495. The minimum atomic E-state index is -1.82. The third kappa shape index (κ3) is 5.57. The monoisotopic (exact) mass is 471 g/mol. The largest absolute Gasteiger partial charge is 0.486 e. The molecule has 2 N–H and O–H groups in total. The lowest BCUT2D eigenvalue weighted by Crippen LogP contribution is -2.23. The van der Waals surface area contributed by atoms with Gasteiger partial charge in [0.15, 0.2) is 28.8 Å². The molecular weight excluding hydrogens is 446 g/mol. The molecule has 0 spiro atoms. The Morgan fingerprint density at radius 2 is 1.50 bits per heavy atom. The van der Waals surface area contributed by atoms with Gasteiger partial charge in [-0.25, -0.2) is 9.59 Å². The predicted molar refractivity (Wildman–Crippen MR) is 118 cm³/mol. The second kappa shape index (κ2) is 10.4. The van der Waals surface area contributed by atoms with Gasteiger partial charge < -0.3 is 34.1 Å². The molecule has 2 aromatic carbocycles. The molecule has 0 radical (unpaired) electrons. The van der Waals surface area contributed by atoms with Crippen molar-refractivity contribution in [2.24, 2.45) is 0 Å². The summed E-state index contributed by atoms with van der Waals surface area (Å²) in [6.07, 6.45) is 1.60. The van der Waals surface area contributed by atoms with E-state index in [-0.39, 0.29) is 5.78 Å². The van der Waals surface area contributed by atoms with Gasteiger partial charge >= 0.3 is 11.9 Å². The van der Waals surface area contributed by atoms with Crippen molar-refractivity contribution in [3.05, 3.63) is 47.5 Å². The molecule has 0 saturated carbocycles. The molecule has 180 valence electrons. The highest BCUT2D eigenvalue weighted by atomic mass is 16.7. The van der Waals surface area contributed by atoms with E-state index in [4.69, 9.17) is 38.7 Å². The van der Waals surface area contributed by atoms with Crippen LogP contribution < -0.4 is 18.9 Å². The van der Waals surface area contributed by atoms with Crippen LogP contribution in [0.5, 0.6) is 23.0 Å². The van der Waals surface area contributed by atoms with Gasteiger partial charge in [0.1, 0.15) is 13.2 Å². The van der Waals surface area contributed by atoms with E-state index in [1.54, 1.807) is 6.07 Å². The first kappa shape index (κ1) is 23.4. The number of hydrogen-bond acceptors (Lipinski definition) is 8. The number of ether oxygens (including phenoxy) is 4. The third-order valence-corrected chi connectivity index (χ3v) is 5.84. The van der Waals surface area contributed by atoms with Crippen LogP contribution in [0.4, 0.5) is 0 Å². The second-order valence-electron chi connectivity index (χ2n) is 8.04. The lowest BCUT2D eigenvalue weighted by Gasteiger charge is -2.19. The standard InChI is InChI=1S/C22H23NO5.C2H2O4/c24-18(16-2-4-19-21(12-16)26-10-9-25-19)6-8-23-7-5-17(13-23)15-1-3-20-22(11-15)28-14-27-20;3-1(4)2(5)6/h1-4,11-12,17H,5-10,13-14H2;(H,3,4)(H,5,6). The summed E-state index contributed by atoms with van der Waals surface area (Å²) in [6.45, 7) is 4.13. The smallest absolute Gasteiger partial charge is 0.414 e. The molecule has 0 aliphatic carbocycles. The van der Waals surface area contributed by atoms with Gasteiger partial charge in [-0.1, -0.05) is 6.07 Å². The zero-order valence-electron chi connectivity index (χ0n) is 18.4. The van der Waals surface area contributed by atoms with E-state index in [1.807, 2.05) is 18.2 Å². The minimum Gasteiger partial charge on any atom is -0.486 e. The molecule has 5 rings (SSSR count). The fraction of sp³-hybridized carbons (Fsp3) is 0.375. The van der Waals surface area contributed by atoms with Crippen molar-refractivity contribution in [2.45, 2.75) is 18.8 Å². The Hall–Kier alpha value is -3.79. The fourth-order valence-electron chi connectivity index (χ4n) is 4.10. The Labute approximate surface area is 195 Å². The zero-order valence-corrected chi connectivity index (χ0v) is 18.4. The number of hydrogen-bond donors (Lipinski definition) is 2. The first-order valence-corrected chi connectivity index (χ1v) is 10.9. The Balaban J connectivity index is 0.000000408. The van der Waals surface area contributed by atoms with E-state index in [2.05, 4.69) is 17.0 Å². The van der Waals surface area contributed by atoms with E-state index in [1.165, 1.54) is 5.56 Å². The molecule has 1 fully saturated rings. The number of fused-ring (bicyclic) bond motifs is 2. The topological polar surface area (TPSA) is 132 Å². The number of aliphatic carboxylic acids is 2. The van der Waals surface area contributed by atoms with Crippen LogP contribution in [0.3, 0.4) is 0 Å². The number of nitrogens with zero attached hydrogens (tertiary/aromatic N) is 1. The molecule has 10 nitrogen and oxygen atoms in total. The summed E-state index contributed by atoms with van der Waals surface area (Å²) in [5.74, 6) is 0.0100. The summed E-state index contributed by atoms with van der Waals surface area (Å²) >= 11 is 0. The average Bonchev–Trinajstić information content (AvgIpc) is 3.51. The van der Waals surface area contributed by atoms with Gasteiger partial charge in [-0.15, -0.1) is 0 Å². The van der Waals surface area contributed by atoms with Crippen LogP contribution in [0.15, 0.2) is 36.4 Å². The SMILES string of the molecule is O=C(CCN1CCC(c2ccc3c(c2)OCO3)C1)c1ccc2c(c1)OCCO2.O=C(O)C(=O)O. The molecule has 3 aliphatic rings. The van der Waals surface area contributed by atoms with Gasteiger partial charge in [-0.3, -0.25) is 4.79 Å². The number of ketones is 1. The third-order valence-electron chi connectivity index (χ3n) is 5.84. The van der Waals surface area contributed by atoms with E-state index in [0.29, 0.717) is 49.4 Å². The Bertz CT molecular complexity index is 1070. The lowest BCUT2D eigenvalue weighted by atomic mass is 9.98. The van der Waals surface area contributed by atoms with E-state index >= 15 is 0 Å². The fourth-order valence-corrected chi connectivity index (χ4v) is 4.10. The lowest BCUT2D eigenvalue weighted by molar-refractivity contribution is -0.159. The summed E-state index contributed by atoms with van der Waals surface area (Å²) in [4.78, 5) is 33.2. The van der Waals surface area contributed by atoms with Crippen molar-refractivity contribution in [2.75, 3.05) is 39.6 Å². The van der Waals surface area contributed by atoms with Crippen molar-refractivity contribution in [1.82, 2.24) is 4.90 Å². The molecule has 2 aromatic rings. The molecule has 0 bridgehead atoms. The summed E-state index contributed by atoms with van der Waals surface area (Å²) in [5.41, 5.74) is 1.97. The summed E-state index contributed by atoms with van der Waals surface area (Å²) < 4.78 is 22.0. The first-order valence-electron chi connectivity index (χ1n) is 10.9. The summed E-state index contributed by atoms with van der Waals surface area (Å²) in [6, 6.07) is 11.7. The van der Waals surface area contributed by atoms with Crippen molar-refractivity contribution < 1.29 is 43.5 Å². The van der Waals surface area contributed by atoms with Gasteiger partial charge in [0.25, 0.3) is 0 Å². The number of carboxylic acid groups (broad SMARTS) is 2. The van der Waals surface area contributed by atoms with Gasteiger partial charge in [0.2, 0.25) is 6.79 Å². The molecular formula is C24H25NO9. The van der Waals surface area contributed by atoms with Crippen molar-refractivity contribution in [1.29, 1.82) is 0 Å². The highest BCUT2D eigenvalue weighted by molar-refractivity contribution is 6.27. The van der Waals surface area contributed by atoms with Crippen LogP contribution in [0.2, 0.25) is 0 Å². The Morgan fingerprint density at radius 3 is 2.26 bits per heavy atom. The molecule has 0 amide bonds. The van der Waals surface area contributed by atoms with Gasteiger partial charge in [0.05, 0.1) is 0 Å². The van der Waals surface area contributed by atoms with E-state index in [9.17, 15) is 4.79 Å². The average molecular weight is 471 g/mol. The molecule has 34 heavy (non-hydrogen) atoms. The minimum absolute atomic E-state index is 0.142. The molecule has 1 unspecified atom stereocenters. The molecule has 10 heteroatoms. The predicted octanol–water partition coefficient (Wildman–Crippen LogP) is 2.40. The molecule has 1 saturated heterocycles. The van der Waals surface area contributed by atoms with E-state index in [0.717, 1.165) is 37.6 Å². The number of rotatable bonds is 5. The number of carboxylic acids is 2. The molecule has 0 aromatic heterocycles. The number of carbonyl (C=O) groups excluding carboxylic acids is 1. The maximum atomic E-state index is 12.6. The second-order valence-corrected chi connectivity index (χ2v) is 8.04. The maximum absolute atomic E-state index is 12.6. The Kier molecular flexibility index (Phi) is 7.17. The van der Waals surface area contributed by atoms with Crippen molar-refractivity contribution >= 4 is 17.7 Å². The number of benzene rings is 2. The van der Waals surface area contributed by atoms with Crippen LogP contribution in [0.25, 0.3) is 0 Å². The highest BCUT2D eigenvalue weighted by Gasteiger charge is 2.26. The Morgan fingerprint density at radius 1 is 0.853 bits per heavy atom. The summed E-state index contributed by atoms with van der Waals surface area (Å²) in [5, 5.41) is 14.8. The normalized spacial score (nSPS) is 18.1. The van der Waals surface area contributed by atoms with Crippen LogP contribution in [0.1, 0.15) is 34.7 Å². The molecule has 3 heterocycles. The van der Waals surface area contributed by atoms with Gasteiger partial charge in [-0.2, -0.15) is 0 Å². The zero-order chi connectivity index (χ0) is 24.1. The van der Waals surface area contributed by atoms with Gasteiger partial charge in [-0.05, 0) is 54.8 Å². The molecule has 3 aliphatic heterocycles. The highest BCUT2D eigenvalue weighted by Crippen LogP contribution is 2.37. The first-order chi connectivity index (χ1) is 16.4. The van der Waals surface area contributed by atoms with E-state index < -0.39 is 11.9 Å².